The van der Waals surface area contributed by atoms with Crippen molar-refractivity contribution >= 4 is 33.5 Å². The highest BCUT2D eigenvalue weighted by atomic mass is 32.1. The van der Waals surface area contributed by atoms with Crippen LogP contribution in [0, 0.1) is 13.8 Å². The van der Waals surface area contributed by atoms with Crippen molar-refractivity contribution in [1.29, 1.82) is 0 Å². The summed E-state index contributed by atoms with van der Waals surface area (Å²) < 4.78 is 7.01. The molecule has 1 N–H and O–H groups in total. The predicted molar refractivity (Wildman–Crippen MR) is 93.5 cm³/mol. The number of nitrogens with zero attached hydrogens (tertiary/aromatic N) is 5. The Kier molecular flexibility index (Phi) is 3.57. The lowest BCUT2D eigenvalue weighted by molar-refractivity contribution is 0.102. The zero-order valence-corrected chi connectivity index (χ0v) is 14.6. The molecule has 0 saturated carbocycles. The molecule has 0 spiro atoms. The fraction of sp³-hybridized carbons (Fsp3) is 0.188. The molecule has 8 nitrogen and oxygen atoms in total. The third-order valence-corrected chi connectivity index (χ3v) is 4.49. The molecule has 0 atom stereocenters. The van der Waals surface area contributed by atoms with Crippen LogP contribution >= 0.6 is 11.3 Å². The number of aromatic nitrogens is 5. The van der Waals surface area contributed by atoms with Gasteiger partial charge in [-0.1, -0.05) is 5.16 Å². The monoisotopic (exact) mass is 354 g/mol. The number of pyridine rings is 1. The first-order valence-electron chi connectivity index (χ1n) is 7.51. The van der Waals surface area contributed by atoms with Gasteiger partial charge in [0.15, 0.2) is 5.13 Å². The summed E-state index contributed by atoms with van der Waals surface area (Å²) in [6.07, 6.45) is 3.49. The van der Waals surface area contributed by atoms with Gasteiger partial charge in [-0.3, -0.25) is 14.8 Å². The summed E-state index contributed by atoms with van der Waals surface area (Å²) in [5, 5.41) is 14.0. The van der Waals surface area contributed by atoms with Crippen LogP contribution < -0.4 is 5.32 Å². The van der Waals surface area contributed by atoms with E-state index in [-0.39, 0.29) is 5.91 Å². The van der Waals surface area contributed by atoms with E-state index in [2.05, 4.69) is 25.5 Å². The van der Waals surface area contributed by atoms with Gasteiger partial charge in [-0.2, -0.15) is 5.10 Å². The Morgan fingerprint density at radius 1 is 1.32 bits per heavy atom. The Balaban J connectivity index is 1.87. The molecule has 0 unspecified atom stereocenters. The molecule has 25 heavy (non-hydrogen) atoms. The Morgan fingerprint density at radius 3 is 2.84 bits per heavy atom. The molecule has 126 valence electrons. The van der Waals surface area contributed by atoms with E-state index in [1.807, 2.05) is 20.2 Å². The van der Waals surface area contributed by atoms with Crippen LogP contribution in [0.1, 0.15) is 21.7 Å². The van der Waals surface area contributed by atoms with Crippen molar-refractivity contribution in [3.63, 3.8) is 0 Å². The minimum atomic E-state index is -0.281. The smallest absolute Gasteiger partial charge is 0.259 e. The maximum atomic E-state index is 12.8. The van der Waals surface area contributed by atoms with Crippen molar-refractivity contribution in [3.05, 3.63) is 40.8 Å². The molecule has 1 amide bonds. The highest BCUT2D eigenvalue weighted by Gasteiger charge is 2.21. The second-order valence-corrected chi connectivity index (χ2v) is 6.49. The molecule has 0 radical (unpaired) electrons. The number of nitrogens with one attached hydrogen (secondary N) is 1. The number of carbonyl (C=O) groups is 1. The number of hydrogen-bond acceptors (Lipinski definition) is 7. The Bertz CT molecular complexity index is 1080. The third kappa shape index (κ3) is 2.68. The quantitative estimate of drug-likeness (QED) is 0.607. The Morgan fingerprint density at radius 2 is 2.16 bits per heavy atom. The fourth-order valence-corrected chi connectivity index (χ4v) is 3.24. The standard InChI is InChI=1S/C16H14N6O2S/c1-8-11(7-22(3)20-8)12-6-10(13-9(2)21-24-15(13)18-12)14(23)19-16-17-4-5-25-16/h4-7H,1-3H3,(H,17,19,23). The van der Waals surface area contributed by atoms with Crippen LogP contribution in [0.2, 0.25) is 0 Å². The van der Waals surface area contributed by atoms with Crippen LogP contribution in [0.4, 0.5) is 5.13 Å². The maximum Gasteiger partial charge on any atom is 0.259 e. The summed E-state index contributed by atoms with van der Waals surface area (Å²) in [6.45, 7) is 3.67. The van der Waals surface area contributed by atoms with Crippen LogP contribution in [0.3, 0.4) is 0 Å². The van der Waals surface area contributed by atoms with Gasteiger partial charge in [-0.25, -0.2) is 9.97 Å². The SMILES string of the molecule is Cc1nn(C)cc1-c1cc(C(=O)Nc2nccs2)c2c(C)noc2n1. The average Bonchev–Trinajstić information content (AvgIpc) is 3.28. The summed E-state index contributed by atoms with van der Waals surface area (Å²) in [5.41, 5.74) is 3.64. The Hall–Kier alpha value is -3.07. The van der Waals surface area contributed by atoms with Gasteiger partial charge in [0.25, 0.3) is 11.6 Å². The largest absolute Gasteiger partial charge is 0.335 e. The summed E-state index contributed by atoms with van der Waals surface area (Å²) in [5.74, 6) is -0.281. The first-order valence-corrected chi connectivity index (χ1v) is 8.39. The van der Waals surface area contributed by atoms with Crippen molar-refractivity contribution < 1.29 is 9.32 Å². The minimum Gasteiger partial charge on any atom is -0.335 e. The molecule has 4 aromatic rings. The number of rotatable bonds is 3. The molecule has 4 rings (SSSR count). The summed E-state index contributed by atoms with van der Waals surface area (Å²) >= 11 is 1.35. The number of amides is 1. The maximum absolute atomic E-state index is 12.8. The average molecular weight is 354 g/mol. The Labute approximate surface area is 146 Å². The van der Waals surface area contributed by atoms with Crippen LogP contribution in [-0.4, -0.2) is 30.8 Å². The molecular weight excluding hydrogens is 340 g/mol. The van der Waals surface area contributed by atoms with E-state index in [4.69, 9.17) is 4.52 Å². The summed E-state index contributed by atoms with van der Waals surface area (Å²) in [4.78, 5) is 21.4. The van der Waals surface area contributed by atoms with Crippen molar-refractivity contribution in [2.24, 2.45) is 7.05 Å². The van der Waals surface area contributed by atoms with Gasteiger partial charge in [-0.15, -0.1) is 11.3 Å². The normalized spacial score (nSPS) is 11.2. The first kappa shape index (κ1) is 15.5. The molecule has 0 saturated heterocycles. The summed E-state index contributed by atoms with van der Waals surface area (Å²) in [7, 11) is 1.84. The second-order valence-electron chi connectivity index (χ2n) is 5.60. The van der Waals surface area contributed by atoms with Gasteiger partial charge >= 0.3 is 0 Å². The van der Waals surface area contributed by atoms with Crippen LogP contribution in [0.25, 0.3) is 22.4 Å². The first-order chi connectivity index (χ1) is 12.0. The highest BCUT2D eigenvalue weighted by molar-refractivity contribution is 7.13. The summed E-state index contributed by atoms with van der Waals surface area (Å²) in [6, 6.07) is 1.74. The van der Waals surface area contributed by atoms with Crippen LogP contribution in [0.5, 0.6) is 0 Å². The van der Waals surface area contributed by atoms with Gasteiger partial charge in [0, 0.05) is 30.4 Å². The van der Waals surface area contributed by atoms with E-state index in [9.17, 15) is 4.79 Å². The van der Waals surface area contributed by atoms with E-state index in [1.165, 1.54) is 11.3 Å². The number of carbonyl (C=O) groups excluding carboxylic acids is 1. The molecule has 4 aromatic heterocycles. The molecule has 0 aliphatic rings. The minimum absolute atomic E-state index is 0.281. The molecule has 0 fully saturated rings. The number of anilines is 1. The molecular formula is C16H14N6O2S. The second kappa shape index (κ2) is 5.78. The lowest BCUT2D eigenvalue weighted by atomic mass is 10.1. The molecule has 4 heterocycles. The van der Waals surface area contributed by atoms with E-state index in [0.717, 1.165) is 11.3 Å². The fourth-order valence-electron chi connectivity index (χ4n) is 2.71. The topological polar surface area (TPSA) is 98.7 Å². The van der Waals surface area contributed by atoms with E-state index in [0.29, 0.717) is 33.2 Å². The van der Waals surface area contributed by atoms with Crippen molar-refractivity contribution in [3.8, 4) is 11.3 Å². The van der Waals surface area contributed by atoms with Gasteiger partial charge in [0.1, 0.15) is 0 Å². The van der Waals surface area contributed by atoms with Gasteiger partial charge < -0.3 is 4.52 Å². The number of aryl methyl sites for hydroxylation is 3. The molecule has 0 aliphatic heterocycles. The van der Waals surface area contributed by atoms with Crippen LogP contribution in [-0.2, 0) is 7.05 Å². The lowest BCUT2D eigenvalue weighted by Gasteiger charge is -2.06. The van der Waals surface area contributed by atoms with Crippen molar-refractivity contribution in [2.45, 2.75) is 13.8 Å². The van der Waals surface area contributed by atoms with E-state index in [1.54, 1.807) is 29.2 Å². The van der Waals surface area contributed by atoms with Gasteiger partial charge in [0.2, 0.25) is 0 Å². The van der Waals surface area contributed by atoms with Crippen LogP contribution in [0.15, 0.2) is 28.4 Å². The molecule has 0 bridgehead atoms. The third-order valence-electron chi connectivity index (χ3n) is 3.80. The predicted octanol–water partition coefficient (Wildman–Crippen LogP) is 2.95. The molecule has 0 aromatic carbocycles. The number of hydrogen-bond donors (Lipinski definition) is 1. The number of fused-ring (bicyclic) bond motifs is 1. The molecule has 0 aliphatic carbocycles. The highest BCUT2D eigenvalue weighted by Crippen LogP contribution is 2.29. The van der Waals surface area contributed by atoms with Crippen molar-refractivity contribution in [1.82, 2.24) is 24.9 Å². The zero-order valence-electron chi connectivity index (χ0n) is 13.8. The molecule has 9 heteroatoms. The van der Waals surface area contributed by atoms with E-state index >= 15 is 0 Å². The van der Waals surface area contributed by atoms with Gasteiger partial charge in [0.05, 0.1) is 28.0 Å². The zero-order chi connectivity index (χ0) is 17.6. The van der Waals surface area contributed by atoms with Crippen molar-refractivity contribution in [2.75, 3.05) is 5.32 Å². The lowest BCUT2D eigenvalue weighted by Crippen LogP contribution is -2.13. The number of thiazole rings is 1. The van der Waals surface area contributed by atoms with Gasteiger partial charge in [-0.05, 0) is 19.9 Å². The van der Waals surface area contributed by atoms with E-state index < -0.39 is 0 Å².